The van der Waals surface area contributed by atoms with E-state index < -0.39 is 10.0 Å². The van der Waals surface area contributed by atoms with Crippen LogP contribution in [0.1, 0.15) is 19.8 Å². The van der Waals surface area contributed by atoms with Gasteiger partial charge in [-0.05, 0) is 43.0 Å². The number of benzene rings is 1. The van der Waals surface area contributed by atoms with Crippen molar-refractivity contribution in [2.75, 3.05) is 25.5 Å². The molecule has 1 aromatic carbocycles. The fourth-order valence-corrected chi connectivity index (χ4v) is 3.63. The largest absolute Gasteiger partial charge is 0.351 e. The summed E-state index contributed by atoms with van der Waals surface area (Å²) in [6.45, 7) is 1.43. The smallest absolute Gasteiger partial charge is 0.243 e. The number of nitrogens with one attached hydrogen (secondary N) is 2. The maximum atomic E-state index is 12.5. The number of nitrogens with two attached hydrogens (primary N) is 1. The molecule has 4 N–H and O–H groups in total. The summed E-state index contributed by atoms with van der Waals surface area (Å²) in [6, 6.07) is 5.68. The first kappa shape index (κ1) is 22.4. The van der Waals surface area contributed by atoms with Crippen LogP contribution in [-0.2, 0) is 19.6 Å². The number of anilines is 1. The molecule has 1 unspecified atom stereocenters. The van der Waals surface area contributed by atoms with Crippen LogP contribution in [-0.4, -0.2) is 50.7 Å². The fourth-order valence-electron chi connectivity index (χ4n) is 2.50. The highest BCUT2D eigenvalue weighted by Crippen LogP contribution is 2.32. The van der Waals surface area contributed by atoms with Crippen molar-refractivity contribution in [3.05, 3.63) is 24.3 Å². The number of nitrogens with zero attached hydrogens (tertiary/aromatic N) is 1. The summed E-state index contributed by atoms with van der Waals surface area (Å²) < 4.78 is 26.1. The lowest BCUT2D eigenvalue weighted by Crippen LogP contribution is -2.46. The van der Waals surface area contributed by atoms with Gasteiger partial charge < -0.3 is 16.4 Å². The van der Waals surface area contributed by atoms with Gasteiger partial charge in [-0.2, -0.15) is 4.31 Å². The minimum atomic E-state index is -3.80. The molecule has 26 heavy (non-hydrogen) atoms. The molecule has 10 heteroatoms. The molecule has 1 atom stereocenters. The van der Waals surface area contributed by atoms with Gasteiger partial charge in [-0.25, -0.2) is 8.42 Å². The zero-order chi connectivity index (χ0) is 18.6. The maximum Gasteiger partial charge on any atom is 0.243 e. The SMILES string of the molecule is CC(=O)Nc1ccc(S(=O)(=O)N(C)CC(=O)NC(CN)C2CC2)cc1.Cl. The minimum absolute atomic E-state index is 0. The standard InChI is InChI=1S/C16H24N4O4S.ClH/c1-11(21)18-13-5-7-14(8-6-13)25(23,24)20(2)10-16(22)19-15(9-17)12-3-4-12;/h5-8,12,15H,3-4,9-10,17H2,1-2H3,(H,18,21)(H,19,22);1H. The van der Waals surface area contributed by atoms with Gasteiger partial charge in [0.25, 0.3) is 0 Å². The molecule has 0 saturated heterocycles. The zero-order valence-corrected chi connectivity index (χ0v) is 16.4. The highest BCUT2D eigenvalue weighted by atomic mass is 35.5. The summed E-state index contributed by atoms with van der Waals surface area (Å²) >= 11 is 0. The van der Waals surface area contributed by atoms with Crippen LogP contribution in [0.5, 0.6) is 0 Å². The highest BCUT2D eigenvalue weighted by Gasteiger charge is 2.32. The number of hydrogen-bond acceptors (Lipinski definition) is 5. The van der Waals surface area contributed by atoms with Gasteiger partial charge in [0.05, 0.1) is 11.4 Å². The lowest BCUT2D eigenvalue weighted by Gasteiger charge is -2.20. The molecule has 0 bridgehead atoms. The maximum absolute atomic E-state index is 12.5. The Kier molecular flexibility index (Phi) is 8.01. The van der Waals surface area contributed by atoms with E-state index in [1.54, 1.807) is 0 Å². The Morgan fingerprint density at radius 1 is 1.27 bits per heavy atom. The van der Waals surface area contributed by atoms with E-state index in [4.69, 9.17) is 5.73 Å². The zero-order valence-electron chi connectivity index (χ0n) is 14.8. The summed E-state index contributed by atoms with van der Waals surface area (Å²) in [5, 5.41) is 5.36. The topological polar surface area (TPSA) is 122 Å². The number of carbonyl (C=O) groups is 2. The molecule has 0 aromatic heterocycles. The van der Waals surface area contributed by atoms with Crippen molar-refractivity contribution in [2.45, 2.75) is 30.7 Å². The Morgan fingerprint density at radius 2 is 1.85 bits per heavy atom. The first-order valence-corrected chi connectivity index (χ1v) is 9.51. The Morgan fingerprint density at radius 3 is 2.31 bits per heavy atom. The highest BCUT2D eigenvalue weighted by molar-refractivity contribution is 7.89. The summed E-state index contributed by atoms with van der Waals surface area (Å²) in [7, 11) is -2.45. The third kappa shape index (κ3) is 5.94. The number of likely N-dealkylation sites (N-methyl/N-ethyl adjacent to an activating group) is 1. The summed E-state index contributed by atoms with van der Waals surface area (Å²) in [5.74, 6) is -0.213. The van der Waals surface area contributed by atoms with Gasteiger partial charge in [0.15, 0.2) is 0 Å². The van der Waals surface area contributed by atoms with E-state index in [0.29, 0.717) is 18.2 Å². The first-order chi connectivity index (χ1) is 11.7. The Bertz CT molecular complexity index is 735. The van der Waals surface area contributed by atoms with Crippen molar-refractivity contribution in [3.63, 3.8) is 0 Å². The van der Waals surface area contributed by atoms with E-state index in [0.717, 1.165) is 17.1 Å². The molecule has 146 valence electrons. The van der Waals surface area contributed by atoms with E-state index in [1.807, 2.05) is 0 Å². The van der Waals surface area contributed by atoms with Crippen LogP contribution in [0.3, 0.4) is 0 Å². The van der Waals surface area contributed by atoms with Crippen LogP contribution >= 0.6 is 12.4 Å². The molecule has 0 spiro atoms. The summed E-state index contributed by atoms with van der Waals surface area (Å²) in [5.41, 5.74) is 6.14. The molecule has 1 fully saturated rings. The molecule has 2 rings (SSSR count). The van der Waals surface area contributed by atoms with Crippen LogP contribution in [0.2, 0.25) is 0 Å². The molecule has 1 aliphatic rings. The normalized spacial score (nSPS) is 15.1. The molecule has 8 nitrogen and oxygen atoms in total. The Balaban J connectivity index is 0.00000338. The van der Waals surface area contributed by atoms with Gasteiger partial charge in [0.2, 0.25) is 21.8 Å². The second-order valence-corrected chi connectivity index (χ2v) is 8.26. The first-order valence-electron chi connectivity index (χ1n) is 8.07. The number of amides is 2. The van der Waals surface area contributed by atoms with E-state index >= 15 is 0 Å². The van der Waals surface area contributed by atoms with Crippen LogP contribution in [0, 0.1) is 5.92 Å². The van der Waals surface area contributed by atoms with E-state index in [2.05, 4.69) is 10.6 Å². The van der Waals surface area contributed by atoms with Gasteiger partial charge in [0.1, 0.15) is 0 Å². The van der Waals surface area contributed by atoms with Crippen molar-refractivity contribution in [3.8, 4) is 0 Å². The number of halogens is 1. The van der Waals surface area contributed by atoms with Gasteiger partial charge >= 0.3 is 0 Å². The predicted octanol–water partition coefficient (Wildman–Crippen LogP) is 0.541. The Labute approximate surface area is 160 Å². The minimum Gasteiger partial charge on any atom is -0.351 e. The third-order valence-electron chi connectivity index (χ3n) is 4.04. The number of hydrogen-bond donors (Lipinski definition) is 3. The van der Waals surface area contributed by atoms with Gasteiger partial charge in [-0.15, -0.1) is 12.4 Å². The van der Waals surface area contributed by atoms with Gasteiger partial charge in [-0.1, -0.05) is 0 Å². The van der Waals surface area contributed by atoms with E-state index in [-0.39, 0.29) is 41.7 Å². The average Bonchev–Trinajstić information content (AvgIpc) is 3.37. The molecule has 2 amide bonds. The number of sulfonamides is 1. The molecule has 0 heterocycles. The van der Waals surface area contributed by atoms with Gasteiger partial charge in [0, 0.05) is 32.2 Å². The van der Waals surface area contributed by atoms with E-state index in [1.165, 1.54) is 38.2 Å². The lowest BCUT2D eigenvalue weighted by molar-refractivity contribution is -0.122. The van der Waals surface area contributed by atoms with Crippen molar-refractivity contribution >= 4 is 39.9 Å². The van der Waals surface area contributed by atoms with Crippen molar-refractivity contribution in [1.82, 2.24) is 9.62 Å². The van der Waals surface area contributed by atoms with Crippen LogP contribution in [0.15, 0.2) is 29.2 Å². The summed E-state index contributed by atoms with van der Waals surface area (Å²) in [6.07, 6.45) is 2.08. The second kappa shape index (κ2) is 9.31. The molecule has 1 aliphatic carbocycles. The summed E-state index contributed by atoms with van der Waals surface area (Å²) in [4.78, 5) is 23.1. The molecular weight excluding hydrogens is 380 g/mol. The van der Waals surface area contributed by atoms with Crippen LogP contribution < -0.4 is 16.4 Å². The number of carbonyl (C=O) groups excluding carboxylic acids is 2. The van der Waals surface area contributed by atoms with Gasteiger partial charge in [-0.3, -0.25) is 9.59 Å². The Hall–Kier alpha value is -1.68. The molecule has 1 aromatic rings. The van der Waals surface area contributed by atoms with E-state index in [9.17, 15) is 18.0 Å². The molecule has 1 saturated carbocycles. The van der Waals surface area contributed by atoms with Crippen LogP contribution in [0.25, 0.3) is 0 Å². The molecule has 0 radical (unpaired) electrons. The fraction of sp³-hybridized carbons (Fsp3) is 0.500. The lowest BCUT2D eigenvalue weighted by atomic mass is 10.2. The average molecular weight is 405 g/mol. The van der Waals surface area contributed by atoms with Crippen LogP contribution in [0.4, 0.5) is 5.69 Å². The number of rotatable bonds is 8. The van der Waals surface area contributed by atoms with Crippen molar-refractivity contribution in [2.24, 2.45) is 11.7 Å². The third-order valence-corrected chi connectivity index (χ3v) is 5.86. The quantitative estimate of drug-likeness (QED) is 0.583. The second-order valence-electron chi connectivity index (χ2n) is 6.21. The molecule has 0 aliphatic heterocycles. The molecular formula is C16H25ClN4O4S. The predicted molar refractivity (Wildman–Crippen MR) is 102 cm³/mol. The van der Waals surface area contributed by atoms with Crippen molar-refractivity contribution < 1.29 is 18.0 Å². The monoisotopic (exact) mass is 404 g/mol. The van der Waals surface area contributed by atoms with Crippen molar-refractivity contribution in [1.29, 1.82) is 0 Å².